The maximum Gasteiger partial charge on any atom is 0.225 e. The number of hydrogen-bond acceptors (Lipinski definition) is 2. The summed E-state index contributed by atoms with van der Waals surface area (Å²) in [5.41, 5.74) is 0. The molecule has 0 radical (unpaired) electrons. The van der Waals surface area contributed by atoms with Gasteiger partial charge in [-0.2, -0.15) is 0 Å². The SMILES string of the molecule is CC1CC(NC(=O)C2CNC2)C1C. The van der Waals surface area contributed by atoms with Crippen molar-refractivity contribution in [2.75, 3.05) is 13.1 Å². The van der Waals surface area contributed by atoms with E-state index in [-0.39, 0.29) is 11.8 Å². The molecule has 1 saturated carbocycles. The van der Waals surface area contributed by atoms with Gasteiger partial charge in [0.15, 0.2) is 0 Å². The summed E-state index contributed by atoms with van der Waals surface area (Å²) >= 11 is 0. The number of amides is 1. The van der Waals surface area contributed by atoms with Crippen molar-refractivity contribution in [1.82, 2.24) is 10.6 Å². The Morgan fingerprint density at radius 1 is 1.38 bits per heavy atom. The Hall–Kier alpha value is -0.570. The molecule has 74 valence electrons. The van der Waals surface area contributed by atoms with Crippen LogP contribution in [0.5, 0.6) is 0 Å². The number of rotatable bonds is 2. The van der Waals surface area contributed by atoms with Crippen molar-refractivity contribution in [3.63, 3.8) is 0 Å². The molecule has 3 heteroatoms. The monoisotopic (exact) mass is 182 g/mol. The lowest BCUT2D eigenvalue weighted by molar-refractivity contribution is -0.128. The second-order valence-electron chi connectivity index (χ2n) is 4.54. The summed E-state index contributed by atoms with van der Waals surface area (Å²) in [5.74, 6) is 1.94. The molecule has 0 aromatic heterocycles. The van der Waals surface area contributed by atoms with E-state index < -0.39 is 0 Å². The Kier molecular flexibility index (Phi) is 2.28. The summed E-state index contributed by atoms with van der Waals surface area (Å²) in [6, 6.07) is 0.447. The second kappa shape index (κ2) is 3.29. The smallest absolute Gasteiger partial charge is 0.225 e. The Labute approximate surface area is 79.3 Å². The highest BCUT2D eigenvalue weighted by atomic mass is 16.2. The van der Waals surface area contributed by atoms with E-state index in [4.69, 9.17) is 0 Å². The molecular formula is C10H18N2O. The third-order valence-electron chi connectivity index (χ3n) is 3.64. The molecule has 2 rings (SSSR count). The van der Waals surface area contributed by atoms with Gasteiger partial charge >= 0.3 is 0 Å². The van der Waals surface area contributed by atoms with E-state index in [1.807, 2.05) is 0 Å². The molecule has 0 bridgehead atoms. The molecule has 0 aromatic carbocycles. The van der Waals surface area contributed by atoms with Crippen LogP contribution in [-0.2, 0) is 4.79 Å². The molecule has 1 aliphatic heterocycles. The molecule has 13 heavy (non-hydrogen) atoms. The number of carbonyl (C=O) groups excluding carboxylic acids is 1. The van der Waals surface area contributed by atoms with E-state index >= 15 is 0 Å². The fourth-order valence-corrected chi connectivity index (χ4v) is 2.00. The van der Waals surface area contributed by atoms with Crippen molar-refractivity contribution in [2.45, 2.75) is 26.3 Å². The van der Waals surface area contributed by atoms with Crippen LogP contribution in [0.4, 0.5) is 0 Å². The minimum Gasteiger partial charge on any atom is -0.353 e. The predicted octanol–water partition coefficient (Wildman–Crippen LogP) is 0.366. The van der Waals surface area contributed by atoms with Gasteiger partial charge in [0.05, 0.1) is 5.92 Å². The third-order valence-corrected chi connectivity index (χ3v) is 3.64. The molecule has 2 aliphatic rings. The standard InChI is InChI=1S/C10H18N2O/c1-6-3-9(7(6)2)12-10(13)8-4-11-5-8/h6-9,11H,3-5H2,1-2H3,(H,12,13). The molecule has 1 heterocycles. The number of carbonyl (C=O) groups is 1. The fourth-order valence-electron chi connectivity index (χ4n) is 2.00. The van der Waals surface area contributed by atoms with Crippen LogP contribution >= 0.6 is 0 Å². The number of hydrogen-bond donors (Lipinski definition) is 2. The predicted molar refractivity (Wildman–Crippen MR) is 51.2 cm³/mol. The third kappa shape index (κ3) is 1.57. The van der Waals surface area contributed by atoms with E-state index in [1.54, 1.807) is 0 Å². The molecule has 1 saturated heterocycles. The van der Waals surface area contributed by atoms with Crippen molar-refractivity contribution in [3.8, 4) is 0 Å². The molecule has 0 aromatic rings. The maximum absolute atomic E-state index is 11.5. The van der Waals surface area contributed by atoms with Gasteiger partial charge in [-0.1, -0.05) is 13.8 Å². The fraction of sp³-hybridized carbons (Fsp3) is 0.900. The molecule has 2 N–H and O–H groups in total. The zero-order valence-corrected chi connectivity index (χ0v) is 8.34. The van der Waals surface area contributed by atoms with Gasteiger partial charge < -0.3 is 10.6 Å². The van der Waals surface area contributed by atoms with Crippen molar-refractivity contribution >= 4 is 5.91 Å². The quantitative estimate of drug-likeness (QED) is 0.647. The molecule has 1 amide bonds. The van der Waals surface area contributed by atoms with Gasteiger partial charge in [-0.3, -0.25) is 4.79 Å². The summed E-state index contributed by atoms with van der Waals surface area (Å²) < 4.78 is 0. The highest BCUT2D eigenvalue weighted by Crippen LogP contribution is 2.33. The van der Waals surface area contributed by atoms with E-state index in [9.17, 15) is 4.79 Å². The van der Waals surface area contributed by atoms with Gasteiger partial charge in [-0.15, -0.1) is 0 Å². The first-order valence-electron chi connectivity index (χ1n) is 5.19. The highest BCUT2D eigenvalue weighted by Gasteiger charge is 2.37. The van der Waals surface area contributed by atoms with Crippen molar-refractivity contribution < 1.29 is 4.79 Å². The van der Waals surface area contributed by atoms with Crippen LogP contribution in [0.2, 0.25) is 0 Å². The van der Waals surface area contributed by atoms with Crippen LogP contribution in [0.15, 0.2) is 0 Å². The summed E-state index contributed by atoms with van der Waals surface area (Å²) in [5, 5.41) is 6.23. The number of nitrogens with one attached hydrogen (secondary N) is 2. The summed E-state index contributed by atoms with van der Waals surface area (Å²) in [7, 11) is 0. The van der Waals surface area contributed by atoms with E-state index in [0.29, 0.717) is 12.0 Å². The van der Waals surface area contributed by atoms with Gasteiger partial charge in [0.2, 0.25) is 5.91 Å². The van der Waals surface area contributed by atoms with E-state index in [0.717, 1.165) is 25.4 Å². The molecule has 0 spiro atoms. The summed E-state index contributed by atoms with van der Waals surface area (Å²) in [4.78, 5) is 11.5. The minimum absolute atomic E-state index is 0.239. The summed E-state index contributed by atoms with van der Waals surface area (Å²) in [6.45, 7) is 6.20. The molecule has 3 unspecified atom stereocenters. The molecule has 3 atom stereocenters. The van der Waals surface area contributed by atoms with Crippen LogP contribution in [-0.4, -0.2) is 25.0 Å². The lowest BCUT2D eigenvalue weighted by Crippen LogP contribution is -2.57. The lowest BCUT2D eigenvalue weighted by Gasteiger charge is -2.42. The van der Waals surface area contributed by atoms with Crippen LogP contribution in [0, 0.1) is 17.8 Å². The van der Waals surface area contributed by atoms with Crippen molar-refractivity contribution in [2.24, 2.45) is 17.8 Å². The first-order valence-corrected chi connectivity index (χ1v) is 5.19. The average molecular weight is 182 g/mol. The normalized spacial score (nSPS) is 39.1. The highest BCUT2D eigenvalue weighted by molar-refractivity contribution is 5.80. The Morgan fingerprint density at radius 2 is 2.08 bits per heavy atom. The second-order valence-corrected chi connectivity index (χ2v) is 4.54. The zero-order valence-electron chi connectivity index (χ0n) is 8.34. The zero-order chi connectivity index (χ0) is 9.42. The Morgan fingerprint density at radius 3 is 2.46 bits per heavy atom. The maximum atomic E-state index is 11.5. The first kappa shape index (κ1) is 9.00. The van der Waals surface area contributed by atoms with Crippen molar-refractivity contribution in [3.05, 3.63) is 0 Å². The molecule has 2 fully saturated rings. The van der Waals surface area contributed by atoms with Gasteiger partial charge in [0.1, 0.15) is 0 Å². The minimum atomic E-state index is 0.239. The van der Waals surface area contributed by atoms with E-state index in [2.05, 4.69) is 24.5 Å². The summed E-state index contributed by atoms with van der Waals surface area (Å²) in [6.07, 6.45) is 1.16. The van der Waals surface area contributed by atoms with Crippen LogP contribution in [0.1, 0.15) is 20.3 Å². The lowest BCUT2D eigenvalue weighted by atomic mass is 9.71. The Bertz CT molecular complexity index is 213. The Balaban J connectivity index is 1.75. The average Bonchev–Trinajstić information content (AvgIpc) is 2.00. The van der Waals surface area contributed by atoms with E-state index in [1.165, 1.54) is 0 Å². The first-order chi connectivity index (χ1) is 6.18. The largest absolute Gasteiger partial charge is 0.353 e. The van der Waals surface area contributed by atoms with Gasteiger partial charge in [0.25, 0.3) is 0 Å². The topological polar surface area (TPSA) is 41.1 Å². The van der Waals surface area contributed by atoms with Crippen LogP contribution < -0.4 is 10.6 Å². The molecule has 3 nitrogen and oxygen atoms in total. The van der Waals surface area contributed by atoms with Gasteiger partial charge in [0, 0.05) is 19.1 Å². The molecular weight excluding hydrogens is 164 g/mol. The van der Waals surface area contributed by atoms with Gasteiger partial charge in [-0.05, 0) is 18.3 Å². The van der Waals surface area contributed by atoms with Gasteiger partial charge in [-0.25, -0.2) is 0 Å². The van der Waals surface area contributed by atoms with Crippen LogP contribution in [0.25, 0.3) is 0 Å². The molecule has 1 aliphatic carbocycles. The van der Waals surface area contributed by atoms with Crippen molar-refractivity contribution in [1.29, 1.82) is 0 Å². The van der Waals surface area contributed by atoms with Crippen LogP contribution in [0.3, 0.4) is 0 Å².